The number of amides is 1. The van der Waals surface area contributed by atoms with Crippen molar-refractivity contribution in [3.8, 4) is 6.07 Å². The zero-order valence-corrected chi connectivity index (χ0v) is 10.9. The summed E-state index contributed by atoms with van der Waals surface area (Å²) in [5, 5.41) is 11.9. The van der Waals surface area contributed by atoms with Crippen LogP contribution in [-0.4, -0.2) is 30.4 Å². The Kier molecular flexibility index (Phi) is 4.55. The number of nitrogen functional groups attached to an aromatic ring is 1. The van der Waals surface area contributed by atoms with Crippen LogP contribution in [-0.2, 0) is 4.79 Å². The van der Waals surface area contributed by atoms with E-state index in [-0.39, 0.29) is 11.9 Å². The first-order chi connectivity index (χ1) is 8.49. The van der Waals surface area contributed by atoms with Crippen molar-refractivity contribution in [3.05, 3.63) is 23.8 Å². The number of carbonyl (C=O) groups excluding carboxylic acids is 1. The Labute approximate surface area is 107 Å². The van der Waals surface area contributed by atoms with Gasteiger partial charge in [-0.1, -0.05) is 0 Å². The van der Waals surface area contributed by atoms with E-state index in [9.17, 15) is 4.79 Å². The summed E-state index contributed by atoms with van der Waals surface area (Å²) >= 11 is 0. The highest BCUT2D eigenvalue weighted by Gasteiger charge is 2.16. The third-order valence-corrected chi connectivity index (χ3v) is 2.78. The average Bonchev–Trinajstić information content (AvgIpc) is 2.39. The molecular weight excluding hydrogens is 228 g/mol. The van der Waals surface area contributed by atoms with Crippen molar-refractivity contribution in [1.29, 1.82) is 5.26 Å². The minimum Gasteiger partial charge on any atom is -0.397 e. The van der Waals surface area contributed by atoms with Crippen molar-refractivity contribution in [1.82, 2.24) is 4.90 Å². The molecule has 1 atom stereocenters. The fourth-order valence-electron chi connectivity index (χ4n) is 1.53. The molecule has 1 rings (SSSR count). The Morgan fingerprint density at radius 3 is 2.83 bits per heavy atom. The molecule has 0 aromatic heterocycles. The van der Waals surface area contributed by atoms with Gasteiger partial charge in [-0.15, -0.1) is 0 Å². The zero-order chi connectivity index (χ0) is 13.7. The number of nitriles is 1. The molecular formula is C13H18N4O. The van der Waals surface area contributed by atoms with Crippen molar-refractivity contribution in [3.63, 3.8) is 0 Å². The van der Waals surface area contributed by atoms with Crippen LogP contribution >= 0.6 is 0 Å². The molecule has 0 bridgehead atoms. The molecule has 5 heteroatoms. The molecule has 0 saturated carbocycles. The lowest BCUT2D eigenvalue weighted by Gasteiger charge is -2.22. The number of hydrogen-bond acceptors (Lipinski definition) is 4. The lowest BCUT2D eigenvalue weighted by molar-refractivity contribution is -0.130. The largest absolute Gasteiger partial charge is 0.397 e. The average molecular weight is 246 g/mol. The number of nitrogens with two attached hydrogens (primary N) is 1. The number of carbonyl (C=O) groups is 1. The molecule has 96 valence electrons. The first-order valence-corrected chi connectivity index (χ1v) is 5.80. The highest BCUT2D eigenvalue weighted by atomic mass is 16.2. The Morgan fingerprint density at radius 1 is 1.61 bits per heavy atom. The van der Waals surface area contributed by atoms with E-state index in [0.29, 0.717) is 23.5 Å². The van der Waals surface area contributed by atoms with E-state index in [1.165, 1.54) is 0 Å². The van der Waals surface area contributed by atoms with E-state index < -0.39 is 0 Å². The van der Waals surface area contributed by atoms with Gasteiger partial charge in [0.15, 0.2) is 0 Å². The van der Waals surface area contributed by atoms with Crippen LogP contribution in [0.25, 0.3) is 0 Å². The molecule has 0 saturated heterocycles. The summed E-state index contributed by atoms with van der Waals surface area (Å²) in [5.41, 5.74) is 7.45. The van der Waals surface area contributed by atoms with E-state index in [2.05, 4.69) is 5.32 Å². The first-order valence-electron chi connectivity index (χ1n) is 5.80. The molecule has 1 aromatic carbocycles. The van der Waals surface area contributed by atoms with Crippen LogP contribution in [0.4, 0.5) is 11.4 Å². The summed E-state index contributed by atoms with van der Waals surface area (Å²) in [7, 11) is 1.75. The fourth-order valence-corrected chi connectivity index (χ4v) is 1.53. The maximum Gasteiger partial charge on any atom is 0.244 e. The standard InChI is InChI=1S/C13H18N4O/c1-4-17(3)13(18)9(2)16-12-7-10(8-14)5-6-11(12)15/h5-7,9,16H,4,15H2,1-3H3. The maximum absolute atomic E-state index is 11.9. The second kappa shape index (κ2) is 5.92. The molecule has 0 radical (unpaired) electrons. The molecule has 0 spiro atoms. The van der Waals surface area contributed by atoms with Crippen LogP contribution < -0.4 is 11.1 Å². The van der Waals surface area contributed by atoms with Crippen LogP contribution in [0, 0.1) is 11.3 Å². The third kappa shape index (κ3) is 3.14. The van der Waals surface area contributed by atoms with Gasteiger partial charge in [0, 0.05) is 13.6 Å². The second-order valence-electron chi connectivity index (χ2n) is 4.13. The van der Waals surface area contributed by atoms with Gasteiger partial charge in [-0.05, 0) is 32.0 Å². The number of anilines is 2. The molecule has 0 heterocycles. The quantitative estimate of drug-likeness (QED) is 0.787. The SMILES string of the molecule is CCN(C)C(=O)C(C)Nc1cc(C#N)ccc1N. The highest BCUT2D eigenvalue weighted by Crippen LogP contribution is 2.20. The molecule has 5 nitrogen and oxygen atoms in total. The van der Waals surface area contributed by atoms with E-state index >= 15 is 0 Å². The van der Waals surface area contributed by atoms with Gasteiger partial charge in [-0.3, -0.25) is 4.79 Å². The lowest BCUT2D eigenvalue weighted by Crippen LogP contribution is -2.38. The summed E-state index contributed by atoms with van der Waals surface area (Å²) in [6, 6.07) is 6.60. The minimum atomic E-state index is -0.383. The van der Waals surface area contributed by atoms with Crippen molar-refractivity contribution < 1.29 is 4.79 Å². The fraction of sp³-hybridized carbons (Fsp3) is 0.385. The topological polar surface area (TPSA) is 82.2 Å². The van der Waals surface area contributed by atoms with Gasteiger partial charge in [-0.2, -0.15) is 5.26 Å². The van der Waals surface area contributed by atoms with Gasteiger partial charge in [-0.25, -0.2) is 0 Å². The van der Waals surface area contributed by atoms with Crippen LogP contribution in [0.2, 0.25) is 0 Å². The van der Waals surface area contributed by atoms with Crippen molar-refractivity contribution >= 4 is 17.3 Å². The van der Waals surface area contributed by atoms with Crippen molar-refractivity contribution in [2.24, 2.45) is 0 Å². The van der Waals surface area contributed by atoms with E-state index in [4.69, 9.17) is 11.0 Å². The van der Waals surface area contributed by atoms with Gasteiger partial charge in [0.05, 0.1) is 23.0 Å². The molecule has 0 fully saturated rings. The van der Waals surface area contributed by atoms with E-state index in [1.807, 2.05) is 13.0 Å². The van der Waals surface area contributed by atoms with E-state index in [0.717, 1.165) is 0 Å². The lowest BCUT2D eigenvalue weighted by atomic mass is 10.1. The molecule has 1 aromatic rings. The van der Waals surface area contributed by atoms with Crippen LogP contribution in [0.1, 0.15) is 19.4 Å². The minimum absolute atomic E-state index is 0.0146. The molecule has 18 heavy (non-hydrogen) atoms. The van der Waals surface area contributed by atoms with Gasteiger partial charge in [0.25, 0.3) is 0 Å². The summed E-state index contributed by atoms with van der Waals surface area (Å²) < 4.78 is 0. The Hall–Kier alpha value is -2.22. The Balaban J connectivity index is 2.85. The van der Waals surface area contributed by atoms with Gasteiger partial charge >= 0.3 is 0 Å². The summed E-state index contributed by atoms with van der Waals surface area (Å²) in [6.07, 6.45) is 0. The summed E-state index contributed by atoms with van der Waals surface area (Å²) in [4.78, 5) is 13.5. The number of hydrogen-bond donors (Lipinski definition) is 2. The smallest absolute Gasteiger partial charge is 0.244 e. The predicted molar refractivity (Wildman–Crippen MR) is 72.0 cm³/mol. The highest BCUT2D eigenvalue weighted by molar-refractivity contribution is 5.85. The van der Waals surface area contributed by atoms with Gasteiger partial charge in [0.1, 0.15) is 6.04 Å². The first kappa shape index (κ1) is 13.8. The summed E-state index contributed by atoms with van der Waals surface area (Å²) in [5.74, 6) is -0.0146. The second-order valence-corrected chi connectivity index (χ2v) is 4.13. The van der Waals surface area contributed by atoms with Gasteiger partial charge in [0.2, 0.25) is 5.91 Å². The van der Waals surface area contributed by atoms with Gasteiger partial charge < -0.3 is 16.0 Å². The number of benzene rings is 1. The molecule has 1 amide bonds. The third-order valence-electron chi connectivity index (χ3n) is 2.78. The predicted octanol–water partition coefficient (Wildman–Crippen LogP) is 1.42. The van der Waals surface area contributed by atoms with E-state index in [1.54, 1.807) is 37.1 Å². The van der Waals surface area contributed by atoms with Crippen LogP contribution in [0.5, 0.6) is 0 Å². The zero-order valence-electron chi connectivity index (χ0n) is 10.9. The number of likely N-dealkylation sites (N-methyl/N-ethyl adjacent to an activating group) is 1. The van der Waals surface area contributed by atoms with Crippen LogP contribution in [0.15, 0.2) is 18.2 Å². The molecule has 0 aliphatic heterocycles. The normalized spacial score (nSPS) is 11.4. The van der Waals surface area contributed by atoms with Crippen LogP contribution in [0.3, 0.4) is 0 Å². The molecule has 0 aliphatic rings. The number of nitrogens with one attached hydrogen (secondary N) is 1. The monoisotopic (exact) mass is 246 g/mol. The number of rotatable bonds is 4. The molecule has 1 unspecified atom stereocenters. The summed E-state index contributed by atoms with van der Waals surface area (Å²) in [6.45, 7) is 4.33. The Bertz CT molecular complexity index is 478. The van der Waals surface area contributed by atoms with Crippen molar-refractivity contribution in [2.45, 2.75) is 19.9 Å². The molecule has 3 N–H and O–H groups in total. The maximum atomic E-state index is 11.9. The van der Waals surface area contributed by atoms with Crippen molar-refractivity contribution in [2.75, 3.05) is 24.6 Å². The molecule has 0 aliphatic carbocycles. The number of nitrogens with zero attached hydrogens (tertiary/aromatic N) is 2. The Morgan fingerprint density at radius 2 is 2.28 bits per heavy atom.